The highest BCUT2D eigenvalue weighted by Crippen LogP contribution is 2.21. The van der Waals surface area contributed by atoms with Gasteiger partial charge in [0.1, 0.15) is 6.33 Å². The molecule has 20 heavy (non-hydrogen) atoms. The van der Waals surface area contributed by atoms with Crippen LogP contribution in [0.1, 0.15) is 11.4 Å². The second-order valence-electron chi connectivity index (χ2n) is 4.26. The number of rotatable bonds is 7. The third kappa shape index (κ3) is 4.56. The van der Waals surface area contributed by atoms with Gasteiger partial charge in [-0.2, -0.15) is 5.10 Å². The zero-order chi connectivity index (χ0) is 14.4. The molecule has 0 aliphatic carbocycles. The predicted octanol–water partition coefficient (Wildman–Crippen LogP) is 2.48. The van der Waals surface area contributed by atoms with Crippen LogP contribution >= 0.6 is 27.5 Å². The molecule has 7 heteroatoms. The summed E-state index contributed by atoms with van der Waals surface area (Å²) in [7, 11) is 1.68. The minimum atomic E-state index is 0.608. The molecule has 0 aliphatic heterocycles. The van der Waals surface area contributed by atoms with E-state index in [0.29, 0.717) is 19.7 Å². The highest BCUT2D eigenvalue weighted by molar-refractivity contribution is 9.10. The van der Waals surface area contributed by atoms with Crippen molar-refractivity contribution in [2.75, 3.05) is 20.3 Å². The van der Waals surface area contributed by atoms with Crippen LogP contribution < -0.4 is 5.32 Å². The molecule has 0 fully saturated rings. The first kappa shape index (κ1) is 15.4. The Labute approximate surface area is 131 Å². The van der Waals surface area contributed by atoms with Gasteiger partial charge in [-0.15, -0.1) is 0 Å². The summed E-state index contributed by atoms with van der Waals surface area (Å²) in [5.41, 5.74) is 1.01. The van der Waals surface area contributed by atoms with Crippen LogP contribution in [0.4, 0.5) is 0 Å². The normalized spacial score (nSPS) is 10.9. The first-order valence-corrected chi connectivity index (χ1v) is 7.38. The van der Waals surface area contributed by atoms with Gasteiger partial charge in [0, 0.05) is 23.1 Å². The van der Waals surface area contributed by atoms with Gasteiger partial charge in [-0.1, -0.05) is 33.6 Å². The fraction of sp³-hybridized carbons (Fsp3) is 0.385. The highest BCUT2D eigenvalue weighted by Gasteiger charge is 2.05. The summed E-state index contributed by atoms with van der Waals surface area (Å²) in [5, 5.41) is 8.32. The van der Waals surface area contributed by atoms with Crippen LogP contribution in [0, 0.1) is 0 Å². The number of ether oxygens (including phenoxy) is 1. The lowest BCUT2D eigenvalue weighted by Crippen LogP contribution is -2.19. The number of nitrogens with one attached hydrogen (secondary N) is 1. The molecule has 0 saturated carbocycles. The quantitative estimate of drug-likeness (QED) is 0.772. The average molecular weight is 360 g/mol. The van der Waals surface area contributed by atoms with Crippen molar-refractivity contribution in [1.82, 2.24) is 20.1 Å². The zero-order valence-corrected chi connectivity index (χ0v) is 13.5. The van der Waals surface area contributed by atoms with Crippen molar-refractivity contribution in [3.8, 4) is 0 Å². The molecule has 2 aromatic rings. The maximum Gasteiger partial charge on any atom is 0.164 e. The molecule has 0 atom stereocenters. The molecular weight excluding hydrogens is 344 g/mol. The topological polar surface area (TPSA) is 52.0 Å². The van der Waals surface area contributed by atoms with Crippen molar-refractivity contribution in [2.24, 2.45) is 0 Å². The molecule has 1 N–H and O–H groups in total. The van der Waals surface area contributed by atoms with Crippen LogP contribution in [0.15, 0.2) is 29.0 Å². The third-order valence-electron chi connectivity index (χ3n) is 2.70. The van der Waals surface area contributed by atoms with Crippen LogP contribution in [0.2, 0.25) is 5.02 Å². The minimum absolute atomic E-state index is 0.608. The average Bonchev–Trinajstić information content (AvgIpc) is 2.86. The Bertz CT molecular complexity index is 561. The standard InChI is InChI=1S/C13H16BrClN4O/c1-20-5-4-16-7-13-17-9-19(18-13)8-10-2-3-11(14)6-12(10)15/h2-3,6,9,16H,4-5,7-8H2,1H3. The number of aromatic nitrogens is 3. The second kappa shape index (κ2) is 7.73. The van der Waals surface area contributed by atoms with E-state index in [2.05, 4.69) is 31.3 Å². The van der Waals surface area contributed by atoms with Gasteiger partial charge >= 0.3 is 0 Å². The van der Waals surface area contributed by atoms with Gasteiger partial charge in [-0.3, -0.25) is 0 Å². The van der Waals surface area contributed by atoms with Gasteiger partial charge in [0.2, 0.25) is 0 Å². The summed E-state index contributed by atoms with van der Waals surface area (Å²) in [6.07, 6.45) is 1.71. The third-order valence-corrected chi connectivity index (χ3v) is 3.54. The fourth-order valence-electron chi connectivity index (χ4n) is 1.69. The van der Waals surface area contributed by atoms with Crippen LogP contribution in [0.5, 0.6) is 0 Å². The molecule has 0 radical (unpaired) electrons. The molecule has 1 aromatic heterocycles. The van der Waals surface area contributed by atoms with Gasteiger partial charge in [-0.05, 0) is 17.7 Å². The minimum Gasteiger partial charge on any atom is -0.383 e. The van der Waals surface area contributed by atoms with Gasteiger partial charge in [-0.25, -0.2) is 9.67 Å². The number of methoxy groups -OCH3 is 1. The molecule has 0 amide bonds. The summed E-state index contributed by atoms with van der Waals surface area (Å²) in [6, 6.07) is 5.82. The maximum absolute atomic E-state index is 6.19. The van der Waals surface area contributed by atoms with Crippen LogP contribution in [-0.4, -0.2) is 35.0 Å². The Balaban J connectivity index is 1.92. The van der Waals surface area contributed by atoms with Gasteiger partial charge in [0.15, 0.2) is 5.82 Å². The Hall–Kier alpha value is -0.950. The van der Waals surface area contributed by atoms with Crippen LogP contribution in [-0.2, 0) is 17.8 Å². The van der Waals surface area contributed by atoms with Crippen molar-refractivity contribution in [1.29, 1.82) is 0 Å². The summed E-state index contributed by atoms with van der Waals surface area (Å²) < 4.78 is 7.71. The summed E-state index contributed by atoms with van der Waals surface area (Å²) in [6.45, 7) is 2.69. The molecule has 1 aromatic carbocycles. The van der Waals surface area contributed by atoms with E-state index >= 15 is 0 Å². The lowest BCUT2D eigenvalue weighted by molar-refractivity contribution is 0.199. The van der Waals surface area contributed by atoms with E-state index in [4.69, 9.17) is 16.3 Å². The summed E-state index contributed by atoms with van der Waals surface area (Å²) in [5.74, 6) is 0.759. The van der Waals surface area contributed by atoms with Gasteiger partial charge in [0.25, 0.3) is 0 Å². The maximum atomic E-state index is 6.19. The molecule has 0 spiro atoms. The Morgan fingerprint density at radius 1 is 1.45 bits per heavy atom. The number of halogens is 2. The van der Waals surface area contributed by atoms with E-state index in [0.717, 1.165) is 27.4 Å². The lowest BCUT2D eigenvalue weighted by Gasteiger charge is -2.04. The zero-order valence-electron chi connectivity index (χ0n) is 11.1. The Morgan fingerprint density at radius 3 is 3.05 bits per heavy atom. The first-order chi connectivity index (χ1) is 9.69. The van der Waals surface area contributed by atoms with Gasteiger partial charge < -0.3 is 10.1 Å². The Kier molecular flexibility index (Phi) is 5.97. The van der Waals surface area contributed by atoms with Crippen molar-refractivity contribution < 1.29 is 4.74 Å². The van der Waals surface area contributed by atoms with E-state index < -0.39 is 0 Å². The number of benzene rings is 1. The van der Waals surface area contributed by atoms with Crippen molar-refractivity contribution in [2.45, 2.75) is 13.1 Å². The van der Waals surface area contributed by atoms with E-state index in [1.165, 1.54) is 0 Å². The monoisotopic (exact) mass is 358 g/mol. The highest BCUT2D eigenvalue weighted by atomic mass is 79.9. The lowest BCUT2D eigenvalue weighted by atomic mass is 10.2. The predicted molar refractivity (Wildman–Crippen MR) is 81.9 cm³/mol. The van der Waals surface area contributed by atoms with E-state index in [9.17, 15) is 0 Å². The number of hydrogen-bond acceptors (Lipinski definition) is 4. The molecule has 2 rings (SSSR count). The Morgan fingerprint density at radius 2 is 2.30 bits per heavy atom. The molecule has 5 nitrogen and oxygen atoms in total. The molecule has 1 heterocycles. The van der Waals surface area contributed by atoms with E-state index in [-0.39, 0.29) is 0 Å². The van der Waals surface area contributed by atoms with Crippen molar-refractivity contribution >= 4 is 27.5 Å². The summed E-state index contributed by atoms with van der Waals surface area (Å²) in [4.78, 5) is 4.25. The molecular formula is C13H16BrClN4O. The SMILES string of the molecule is COCCNCc1ncn(Cc2ccc(Br)cc2Cl)n1. The van der Waals surface area contributed by atoms with E-state index in [1.807, 2.05) is 18.2 Å². The molecule has 0 saturated heterocycles. The molecule has 0 unspecified atom stereocenters. The fourth-order valence-corrected chi connectivity index (χ4v) is 2.42. The largest absolute Gasteiger partial charge is 0.383 e. The molecule has 0 aliphatic rings. The first-order valence-electron chi connectivity index (χ1n) is 6.21. The van der Waals surface area contributed by atoms with Crippen LogP contribution in [0.25, 0.3) is 0 Å². The number of nitrogens with zero attached hydrogens (tertiary/aromatic N) is 3. The summed E-state index contributed by atoms with van der Waals surface area (Å²) >= 11 is 9.58. The second-order valence-corrected chi connectivity index (χ2v) is 5.59. The van der Waals surface area contributed by atoms with Crippen LogP contribution in [0.3, 0.4) is 0 Å². The smallest absolute Gasteiger partial charge is 0.164 e. The van der Waals surface area contributed by atoms with E-state index in [1.54, 1.807) is 18.1 Å². The van der Waals surface area contributed by atoms with Crippen molar-refractivity contribution in [3.63, 3.8) is 0 Å². The number of hydrogen-bond donors (Lipinski definition) is 1. The molecule has 0 bridgehead atoms. The molecule has 108 valence electrons. The van der Waals surface area contributed by atoms with Crippen molar-refractivity contribution in [3.05, 3.63) is 45.4 Å². The van der Waals surface area contributed by atoms with Gasteiger partial charge in [0.05, 0.1) is 19.7 Å².